The Hall–Kier alpha value is -1.58. The predicted molar refractivity (Wildman–Crippen MR) is 124 cm³/mol. The van der Waals surface area contributed by atoms with E-state index in [1.165, 1.54) is 0 Å². The fraction of sp³-hybridized carbons (Fsp3) is 0.520. The summed E-state index contributed by atoms with van der Waals surface area (Å²) in [6, 6.07) is 20.6. The van der Waals surface area contributed by atoms with E-state index in [1.807, 2.05) is 50.2 Å². The highest BCUT2D eigenvalue weighted by molar-refractivity contribution is 6.99. The van der Waals surface area contributed by atoms with E-state index in [0.29, 0.717) is 0 Å². The van der Waals surface area contributed by atoms with Gasteiger partial charge in [0.25, 0.3) is 8.32 Å². The van der Waals surface area contributed by atoms with Gasteiger partial charge in [0.1, 0.15) is 24.4 Å². The van der Waals surface area contributed by atoms with Crippen molar-refractivity contribution in [3.63, 3.8) is 0 Å². The molecular formula is C25H34O6Si. The lowest BCUT2D eigenvalue weighted by molar-refractivity contribution is -0.226. The summed E-state index contributed by atoms with van der Waals surface area (Å²) in [7, 11) is -2.93. The SMILES string of the molecule is CC1(C)O[C@H]2O[C@H]([C@H](O)CO)[C@H](O[Si](c3ccccc3)(c3ccccc3)C(C)(C)C)[C@H]2O1. The molecule has 0 unspecified atom stereocenters. The van der Waals surface area contributed by atoms with Crippen molar-refractivity contribution in [1.29, 1.82) is 0 Å². The van der Waals surface area contributed by atoms with Crippen molar-refractivity contribution in [2.45, 2.75) is 76.1 Å². The first-order valence-electron chi connectivity index (χ1n) is 11.2. The zero-order valence-electron chi connectivity index (χ0n) is 19.4. The molecule has 2 N–H and O–H groups in total. The van der Waals surface area contributed by atoms with Gasteiger partial charge in [-0.05, 0) is 29.3 Å². The number of aliphatic hydroxyl groups is 2. The molecule has 0 aromatic heterocycles. The number of benzene rings is 2. The lowest BCUT2D eigenvalue weighted by Gasteiger charge is -2.46. The van der Waals surface area contributed by atoms with Crippen molar-refractivity contribution in [3.05, 3.63) is 60.7 Å². The zero-order valence-corrected chi connectivity index (χ0v) is 20.4. The Morgan fingerprint density at radius 3 is 1.97 bits per heavy atom. The third-order valence-electron chi connectivity index (χ3n) is 6.32. The van der Waals surface area contributed by atoms with Crippen LogP contribution < -0.4 is 10.4 Å². The van der Waals surface area contributed by atoms with E-state index in [2.05, 4.69) is 45.0 Å². The minimum Gasteiger partial charge on any atom is -0.399 e. The van der Waals surface area contributed by atoms with Crippen molar-refractivity contribution in [3.8, 4) is 0 Å². The Balaban J connectivity index is 1.86. The molecule has 2 aromatic rings. The molecule has 2 aliphatic heterocycles. The molecule has 2 saturated heterocycles. The first kappa shape index (κ1) is 23.6. The monoisotopic (exact) mass is 458 g/mol. The van der Waals surface area contributed by atoms with Gasteiger partial charge in [-0.2, -0.15) is 0 Å². The van der Waals surface area contributed by atoms with Crippen molar-refractivity contribution in [2.24, 2.45) is 0 Å². The van der Waals surface area contributed by atoms with Crippen LogP contribution in [0.4, 0.5) is 0 Å². The fourth-order valence-corrected chi connectivity index (χ4v) is 9.64. The van der Waals surface area contributed by atoms with Gasteiger partial charge in [0.05, 0.1) is 6.61 Å². The lowest BCUT2D eigenvalue weighted by atomic mass is 10.1. The third-order valence-corrected chi connectivity index (χ3v) is 11.4. The Morgan fingerprint density at radius 1 is 0.969 bits per heavy atom. The van der Waals surface area contributed by atoms with Crippen LogP contribution in [0.2, 0.25) is 5.04 Å². The molecule has 0 aliphatic carbocycles. The van der Waals surface area contributed by atoms with Crippen molar-refractivity contribution >= 4 is 18.7 Å². The number of aliphatic hydroxyl groups excluding tert-OH is 2. The van der Waals surface area contributed by atoms with Gasteiger partial charge in [0.2, 0.25) is 0 Å². The van der Waals surface area contributed by atoms with Crippen LogP contribution in [-0.4, -0.2) is 61.6 Å². The van der Waals surface area contributed by atoms with Crippen LogP contribution in [-0.2, 0) is 18.6 Å². The maximum atomic E-state index is 10.6. The summed E-state index contributed by atoms with van der Waals surface area (Å²) in [5, 5.41) is 22.3. The van der Waals surface area contributed by atoms with Crippen LogP contribution in [0.3, 0.4) is 0 Å². The Labute approximate surface area is 191 Å². The average Bonchev–Trinajstić information content (AvgIpc) is 3.23. The highest BCUT2D eigenvalue weighted by Gasteiger charge is 2.61. The number of ether oxygens (including phenoxy) is 3. The molecule has 0 saturated carbocycles. The van der Waals surface area contributed by atoms with Crippen LogP contribution in [0.15, 0.2) is 60.7 Å². The van der Waals surface area contributed by atoms with Crippen molar-refractivity contribution < 1.29 is 28.8 Å². The van der Waals surface area contributed by atoms with E-state index in [-0.39, 0.29) is 5.04 Å². The molecule has 2 heterocycles. The molecule has 5 atom stereocenters. The van der Waals surface area contributed by atoms with Crippen LogP contribution >= 0.6 is 0 Å². The predicted octanol–water partition coefficient (Wildman–Crippen LogP) is 2.16. The summed E-state index contributed by atoms with van der Waals surface area (Å²) in [5.74, 6) is -0.822. The van der Waals surface area contributed by atoms with Gasteiger partial charge >= 0.3 is 0 Å². The van der Waals surface area contributed by atoms with E-state index in [4.69, 9.17) is 18.6 Å². The van der Waals surface area contributed by atoms with Crippen molar-refractivity contribution in [2.75, 3.05) is 6.61 Å². The second kappa shape index (κ2) is 8.65. The molecule has 6 nitrogen and oxygen atoms in total. The Bertz CT molecular complexity index is 858. The average molecular weight is 459 g/mol. The third kappa shape index (κ3) is 4.07. The van der Waals surface area contributed by atoms with Gasteiger partial charge in [-0.25, -0.2) is 0 Å². The van der Waals surface area contributed by atoms with Crippen molar-refractivity contribution in [1.82, 2.24) is 0 Å². The maximum Gasteiger partial charge on any atom is 0.261 e. The molecule has 2 fully saturated rings. The smallest absolute Gasteiger partial charge is 0.261 e. The molecule has 174 valence electrons. The molecule has 0 radical (unpaired) electrons. The number of fused-ring (bicyclic) bond motifs is 1. The highest BCUT2D eigenvalue weighted by Crippen LogP contribution is 2.44. The van der Waals surface area contributed by atoms with Gasteiger partial charge in [0.15, 0.2) is 12.1 Å². The van der Waals surface area contributed by atoms with Gasteiger partial charge < -0.3 is 28.8 Å². The van der Waals surface area contributed by atoms with E-state index in [9.17, 15) is 10.2 Å². The summed E-state index contributed by atoms with van der Waals surface area (Å²) in [6.45, 7) is 9.83. The van der Waals surface area contributed by atoms with E-state index < -0.39 is 51.4 Å². The highest BCUT2D eigenvalue weighted by atomic mass is 28.4. The molecule has 2 aromatic carbocycles. The number of hydrogen-bond acceptors (Lipinski definition) is 6. The first-order chi connectivity index (χ1) is 15.1. The summed E-state index contributed by atoms with van der Waals surface area (Å²) in [4.78, 5) is 0. The van der Waals surface area contributed by atoms with Crippen LogP contribution in [0.1, 0.15) is 34.6 Å². The summed E-state index contributed by atoms with van der Waals surface area (Å²) in [6.07, 6.45) is -3.68. The van der Waals surface area contributed by atoms with Crippen LogP contribution in [0.25, 0.3) is 0 Å². The zero-order chi connectivity index (χ0) is 23.1. The molecular weight excluding hydrogens is 424 g/mol. The first-order valence-corrected chi connectivity index (χ1v) is 13.1. The fourth-order valence-electron chi connectivity index (χ4n) is 4.95. The Kier molecular flexibility index (Phi) is 6.37. The van der Waals surface area contributed by atoms with Gasteiger partial charge in [-0.1, -0.05) is 81.4 Å². The summed E-state index contributed by atoms with van der Waals surface area (Å²) >= 11 is 0. The maximum absolute atomic E-state index is 10.6. The molecule has 7 heteroatoms. The van der Waals surface area contributed by atoms with E-state index in [1.54, 1.807) is 0 Å². The lowest BCUT2D eigenvalue weighted by Crippen LogP contribution is -2.69. The molecule has 0 amide bonds. The largest absolute Gasteiger partial charge is 0.399 e. The molecule has 0 bridgehead atoms. The quantitative estimate of drug-likeness (QED) is 0.646. The van der Waals surface area contributed by atoms with E-state index in [0.717, 1.165) is 10.4 Å². The topological polar surface area (TPSA) is 77.4 Å². The molecule has 2 aliphatic rings. The van der Waals surface area contributed by atoms with Crippen LogP contribution in [0.5, 0.6) is 0 Å². The normalized spacial score (nSPS) is 28.5. The van der Waals surface area contributed by atoms with Crippen LogP contribution in [0, 0.1) is 0 Å². The molecule has 0 spiro atoms. The molecule has 4 rings (SSSR count). The Morgan fingerprint density at radius 2 is 1.50 bits per heavy atom. The standard InChI is InChI=1S/C25H34O6Si/c1-24(2,3)32(17-12-8-6-9-13-17,18-14-10-7-11-15-18)31-21-20(19(27)16-26)28-23-22(21)29-25(4,5)30-23/h6-15,19-23,26-27H,16H2,1-5H3/t19-,20-,21+,22-,23-/m1/s1. The van der Waals surface area contributed by atoms with Gasteiger partial charge in [-0.3, -0.25) is 0 Å². The second-order valence-corrected chi connectivity index (χ2v) is 14.3. The summed E-state index contributed by atoms with van der Waals surface area (Å²) in [5.41, 5.74) is 0. The summed E-state index contributed by atoms with van der Waals surface area (Å²) < 4.78 is 25.4. The van der Waals surface area contributed by atoms with Gasteiger partial charge in [-0.15, -0.1) is 0 Å². The van der Waals surface area contributed by atoms with E-state index >= 15 is 0 Å². The number of rotatable bonds is 6. The number of hydrogen-bond donors (Lipinski definition) is 2. The second-order valence-electron chi connectivity index (χ2n) is 10.1. The van der Waals surface area contributed by atoms with Gasteiger partial charge in [0, 0.05) is 0 Å². The minimum atomic E-state index is -2.93. The minimum absolute atomic E-state index is 0.252. The molecule has 32 heavy (non-hydrogen) atoms.